The Morgan fingerprint density at radius 1 is 0.585 bits per heavy atom. The van der Waals surface area contributed by atoms with Crippen LogP contribution in [0.2, 0.25) is 0 Å². The predicted octanol–water partition coefficient (Wildman–Crippen LogP) is 10.8. The third-order valence-electron chi connectivity index (χ3n) is 6.58. The first-order valence-electron chi connectivity index (χ1n) is 14.9. The van der Waals surface area contributed by atoms with Gasteiger partial charge in [-0.1, -0.05) is 46.6 Å². The van der Waals surface area contributed by atoms with Crippen molar-refractivity contribution in [2.24, 2.45) is 0 Å². The van der Waals surface area contributed by atoms with E-state index in [0.29, 0.717) is 5.92 Å². The van der Waals surface area contributed by atoms with E-state index >= 15 is 0 Å². The number of allylic oxidation sites excluding steroid dienone is 8. The van der Waals surface area contributed by atoms with Gasteiger partial charge in [-0.3, -0.25) is 15.0 Å². The molecule has 0 amide bonds. The van der Waals surface area contributed by atoms with Crippen molar-refractivity contribution in [3.63, 3.8) is 0 Å². The standard InChI is InChI=1S/C16H23N.2C11H15N/c1-13(2)5-7-15(8-6-14(3)4)16-9-11-17-12-10-16;1-10(2)4-3-5-11-6-8-12-9-7-11;1-3-10(2)4-5-11-6-8-12-9-7-11/h5-6,9-12,15H,7-8H2,1-4H3;4,6-9H,3,5H2,1-2H3;3,6-9H,4-5H2,1-2H3/b;;10-3+. The van der Waals surface area contributed by atoms with Gasteiger partial charge in [0.05, 0.1) is 0 Å². The van der Waals surface area contributed by atoms with Crippen molar-refractivity contribution < 1.29 is 0 Å². The van der Waals surface area contributed by atoms with Crippen LogP contribution in [-0.2, 0) is 12.8 Å². The van der Waals surface area contributed by atoms with Crippen LogP contribution in [0.5, 0.6) is 0 Å². The van der Waals surface area contributed by atoms with Crippen molar-refractivity contribution in [3.05, 3.63) is 137 Å². The van der Waals surface area contributed by atoms with Crippen molar-refractivity contribution in [2.75, 3.05) is 0 Å². The maximum Gasteiger partial charge on any atom is 0.0270 e. The molecule has 41 heavy (non-hydrogen) atoms. The average molecular weight is 552 g/mol. The summed E-state index contributed by atoms with van der Waals surface area (Å²) in [6.07, 6.45) is 27.0. The molecule has 0 fully saturated rings. The maximum absolute atomic E-state index is 4.09. The molecule has 0 aliphatic heterocycles. The number of rotatable bonds is 11. The second-order valence-corrected chi connectivity index (χ2v) is 11.2. The van der Waals surface area contributed by atoms with Crippen molar-refractivity contribution >= 4 is 0 Å². The fourth-order valence-corrected chi connectivity index (χ4v) is 3.87. The van der Waals surface area contributed by atoms with Crippen molar-refractivity contribution in [1.29, 1.82) is 0 Å². The zero-order chi connectivity index (χ0) is 30.3. The van der Waals surface area contributed by atoms with E-state index in [-0.39, 0.29) is 0 Å². The van der Waals surface area contributed by atoms with Gasteiger partial charge in [-0.15, -0.1) is 0 Å². The van der Waals surface area contributed by atoms with Crippen LogP contribution in [0.4, 0.5) is 0 Å². The Kier molecular flexibility index (Phi) is 19.1. The highest BCUT2D eigenvalue weighted by atomic mass is 14.6. The summed E-state index contributed by atoms with van der Waals surface area (Å²) in [4.78, 5) is 12.0. The molecular formula is C38H53N3. The molecule has 0 unspecified atom stereocenters. The van der Waals surface area contributed by atoms with Crippen LogP contribution in [0.15, 0.2) is 120 Å². The van der Waals surface area contributed by atoms with E-state index in [1.165, 1.54) is 39.0 Å². The quantitative estimate of drug-likeness (QED) is 0.222. The van der Waals surface area contributed by atoms with Crippen molar-refractivity contribution in [3.8, 4) is 0 Å². The van der Waals surface area contributed by atoms with Gasteiger partial charge in [0.25, 0.3) is 0 Å². The highest BCUT2D eigenvalue weighted by Crippen LogP contribution is 2.25. The summed E-state index contributed by atoms with van der Waals surface area (Å²) in [5, 5.41) is 0. The molecule has 3 aromatic heterocycles. The molecule has 0 saturated carbocycles. The van der Waals surface area contributed by atoms with Gasteiger partial charge in [-0.25, -0.2) is 0 Å². The number of aryl methyl sites for hydroxylation is 2. The molecule has 0 saturated heterocycles. The SMILES string of the molecule is C/C=C(\C)CCc1ccncc1.CC(C)=CCC(CC=C(C)C)c1ccncc1.CC(C)=CCCc1ccncc1. The summed E-state index contributed by atoms with van der Waals surface area (Å²) in [6, 6.07) is 12.5. The van der Waals surface area contributed by atoms with Gasteiger partial charge in [0.15, 0.2) is 0 Å². The number of aromatic nitrogens is 3. The second-order valence-electron chi connectivity index (χ2n) is 11.2. The van der Waals surface area contributed by atoms with Crippen molar-refractivity contribution in [2.45, 2.75) is 99.8 Å². The molecule has 3 nitrogen and oxygen atoms in total. The van der Waals surface area contributed by atoms with Crippen LogP contribution < -0.4 is 0 Å². The molecule has 0 radical (unpaired) electrons. The molecule has 220 valence electrons. The molecule has 0 aliphatic carbocycles. The summed E-state index contributed by atoms with van der Waals surface area (Å²) in [7, 11) is 0. The lowest BCUT2D eigenvalue weighted by Crippen LogP contribution is -1.97. The molecule has 0 aliphatic rings. The van der Waals surface area contributed by atoms with Gasteiger partial charge in [-0.2, -0.15) is 0 Å². The van der Waals surface area contributed by atoms with Crippen LogP contribution >= 0.6 is 0 Å². The third kappa shape index (κ3) is 19.2. The van der Waals surface area contributed by atoms with Gasteiger partial charge in [0.2, 0.25) is 0 Å². The Bertz CT molecular complexity index is 1160. The largest absolute Gasteiger partial charge is 0.265 e. The summed E-state index contributed by atoms with van der Waals surface area (Å²) in [6.45, 7) is 17.1. The highest BCUT2D eigenvalue weighted by Gasteiger charge is 2.08. The fourth-order valence-electron chi connectivity index (χ4n) is 3.87. The number of nitrogens with zero attached hydrogens (tertiary/aromatic N) is 3. The molecule has 3 aromatic rings. The zero-order valence-corrected chi connectivity index (χ0v) is 26.9. The Morgan fingerprint density at radius 2 is 1.00 bits per heavy atom. The zero-order valence-electron chi connectivity index (χ0n) is 26.9. The first-order valence-corrected chi connectivity index (χ1v) is 14.9. The Morgan fingerprint density at radius 3 is 1.41 bits per heavy atom. The van der Waals surface area contributed by atoms with Crippen LogP contribution in [0.25, 0.3) is 0 Å². The summed E-state index contributed by atoms with van der Waals surface area (Å²) >= 11 is 0. The third-order valence-corrected chi connectivity index (χ3v) is 6.58. The van der Waals surface area contributed by atoms with E-state index in [9.17, 15) is 0 Å². The maximum atomic E-state index is 4.09. The Labute approximate surface area is 251 Å². The van der Waals surface area contributed by atoms with Crippen molar-refractivity contribution in [1.82, 2.24) is 15.0 Å². The summed E-state index contributed by atoms with van der Waals surface area (Å²) in [5.41, 5.74) is 9.74. The van der Waals surface area contributed by atoms with E-state index in [4.69, 9.17) is 0 Å². The fraction of sp³-hybridized carbons (Fsp3) is 0.395. The lowest BCUT2D eigenvalue weighted by molar-refractivity contribution is 0.705. The van der Waals surface area contributed by atoms with Crippen LogP contribution in [0.1, 0.15) is 104 Å². The number of hydrogen-bond acceptors (Lipinski definition) is 3. The minimum atomic E-state index is 0.572. The average Bonchev–Trinajstić information content (AvgIpc) is 2.98. The molecule has 0 N–H and O–H groups in total. The van der Waals surface area contributed by atoms with Crippen LogP contribution in [0.3, 0.4) is 0 Å². The van der Waals surface area contributed by atoms with Gasteiger partial charge >= 0.3 is 0 Å². The molecular weight excluding hydrogens is 498 g/mol. The first kappa shape index (κ1) is 35.4. The molecule has 0 atom stereocenters. The lowest BCUT2D eigenvalue weighted by Gasteiger charge is -2.14. The van der Waals surface area contributed by atoms with E-state index in [0.717, 1.165) is 38.5 Å². The van der Waals surface area contributed by atoms with Gasteiger partial charge in [-0.05, 0) is 153 Å². The van der Waals surface area contributed by atoms with E-state index in [1.54, 1.807) is 0 Å². The Hall–Kier alpha value is -3.59. The van der Waals surface area contributed by atoms with E-state index in [1.807, 2.05) is 37.2 Å². The van der Waals surface area contributed by atoms with Gasteiger partial charge in [0, 0.05) is 37.2 Å². The second kappa shape index (κ2) is 22.1. The molecule has 3 heterocycles. The topological polar surface area (TPSA) is 38.7 Å². The summed E-state index contributed by atoms with van der Waals surface area (Å²) < 4.78 is 0. The smallest absolute Gasteiger partial charge is 0.0270 e. The Balaban J connectivity index is 0.000000315. The normalized spacial score (nSPS) is 10.4. The minimum Gasteiger partial charge on any atom is -0.265 e. The van der Waals surface area contributed by atoms with Gasteiger partial charge in [0.1, 0.15) is 0 Å². The number of pyridine rings is 3. The highest BCUT2D eigenvalue weighted by molar-refractivity contribution is 5.19. The monoisotopic (exact) mass is 551 g/mol. The molecule has 0 aromatic carbocycles. The lowest BCUT2D eigenvalue weighted by atomic mass is 9.92. The van der Waals surface area contributed by atoms with Gasteiger partial charge < -0.3 is 0 Å². The van der Waals surface area contributed by atoms with Crippen LogP contribution in [0, 0.1) is 0 Å². The number of hydrogen-bond donors (Lipinski definition) is 0. The van der Waals surface area contributed by atoms with E-state index < -0.39 is 0 Å². The minimum absolute atomic E-state index is 0.572. The molecule has 0 bridgehead atoms. The molecule has 0 spiro atoms. The van der Waals surface area contributed by atoms with E-state index in [2.05, 4.69) is 131 Å². The molecule has 3 heteroatoms. The molecule has 3 rings (SSSR count). The summed E-state index contributed by atoms with van der Waals surface area (Å²) in [5.74, 6) is 0.572. The first-order chi connectivity index (χ1) is 19.7. The predicted molar refractivity (Wildman–Crippen MR) is 179 cm³/mol. The van der Waals surface area contributed by atoms with Crippen LogP contribution in [-0.4, -0.2) is 15.0 Å².